The van der Waals surface area contributed by atoms with Crippen LogP contribution in [0.3, 0.4) is 0 Å². The fraction of sp³-hybridized carbons (Fsp3) is 0.240. The zero-order chi connectivity index (χ0) is 22.8. The highest BCUT2D eigenvalue weighted by molar-refractivity contribution is 5.98. The topological polar surface area (TPSA) is 106 Å². The van der Waals surface area contributed by atoms with Gasteiger partial charge in [-0.25, -0.2) is 9.50 Å². The number of pyridine rings is 1. The number of carbonyl (C=O) groups excluding carboxylic acids is 2. The number of hydrogen-bond acceptors (Lipinski definition) is 5. The van der Waals surface area contributed by atoms with E-state index in [2.05, 4.69) is 27.2 Å². The molecule has 1 atom stereocenters. The van der Waals surface area contributed by atoms with Gasteiger partial charge in [0.05, 0.1) is 17.9 Å². The van der Waals surface area contributed by atoms with Crippen LogP contribution in [0.25, 0.3) is 5.65 Å². The molecule has 1 aliphatic heterocycles. The molecular weight excluding hydrogens is 416 g/mol. The zero-order valence-electron chi connectivity index (χ0n) is 18.1. The largest absolute Gasteiger partial charge is 0.365 e. The smallest absolute Gasteiger partial charge is 0.254 e. The third-order valence-corrected chi connectivity index (χ3v) is 6.09. The lowest BCUT2D eigenvalue weighted by molar-refractivity contribution is 0.0602. The number of nitrogens with zero attached hydrogens (tertiary/aromatic N) is 5. The number of piperidine rings is 1. The molecule has 3 aromatic heterocycles. The van der Waals surface area contributed by atoms with Crippen LogP contribution in [0.1, 0.15) is 63.0 Å². The Balaban J connectivity index is 1.46. The number of benzene rings is 1. The van der Waals surface area contributed by atoms with E-state index in [0.717, 1.165) is 36.2 Å². The first-order valence-electron chi connectivity index (χ1n) is 11.0. The molecule has 0 spiro atoms. The summed E-state index contributed by atoms with van der Waals surface area (Å²) >= 11 is 0. The van der Waals surface area contributed by atoms with Gasteiger partial charge in [0.25, 0.3) is 11.8 Å². The van der Waals surface area contributed by atoms with Gasteiger partial charge in [-0.15, -0.1) is 0 Å². The van der Waals surface area contributed by atoms with E-state index in [1.807, 2.05) is 35.2 Å². The monoisotopic (exact) mass is 440 g/mol. The van der Waals surface area contributed by atoms with Crippen molar-refractivity contribution in [2.45, 2.75) is 31.7 Å². The van der Waals surface area contributed by atoms with Gasteiger partial charge >= 0.3 is 0 Å². The molecule has 1 aliphatic rings. The summed E-state index contributed by atoms with van der Waals surface area (Å²) in [5, 5.41) is 4.35. The van der Waals surface area contributed by atoms with Crippen molar-refractivity contribution in [1.82, 2.24) is 24.5 Å². The van der Waals surface area contributed by atoms with Crippen molar-refractivity contribution in [2.24, 2.45) is 5.73 Å². The van der Waals surface area contributed by atoms with Gasteiger partial charge in [0.1, 0.15) is 5.56 Å². The van der Waals surface area contributed by atoms with Crippen LogP contribution in [0.5, 0.6) is 0 Å². The van der Waals surface area contributed by atoms with E-state index in [1.54, 1.807) is 23.0 Å². The maximum atomic E-state index is 13.6. The van der Waals surface area contributed by atoms with Crippen molar-refractivity contribution in [1.29, 1.82) is 0 Å². The summed E-state index contributed by atoms with van der Waals surface area (Å²) in [6, 6.07) is 15.4. The van der Waals surface area contributed by atoms with Crippen molar-refractivity contribution >= 4 is 17.5 Å². The minimum absolute atomic E-state index is 0.0383. The first kappa shape index (κ1) is 20.8. The van der Waals surface area contributed by atoms with E-state index in [-0.39, 0.29) is 17.5 Å². The molecule has 8 heteroatoms. The second-order valence-electron chi connectivity index (χ2n) is 8.24. The Morgan fingerprint density at radius 2 is 1.85 bits per heavy atom. The molecule has 0 unspecified atom stereocenters. The van der Waals surface area contributed by atoms with Crippen molar-refractivity contribution in [3.63, 3.8) is 0 Å². The van der Waals surface area contributed by atoms with Crippen molar-refractivity contribution in [2.75, 3.05) is 6.54 Å². The fourth-order valence-corrected chi connectivity index (χ4v) is 4.50. The van der Waals surface area contributed by atoms with E-state index in [1.165, 1.54) is 6.20 Å². The van der Waals surface area contributed by atoms with E-state index in [4.69, 9.17) is 5.73 Å². The number of hydrogen-bond donors (Lipinski definition) is 1. The predicted octanol–water partition coefficient (Wildman–Crippen LogP) is 3.18. The van der Waals surface area contributed by atoms with Gasteiger partial charge < -0.3 is 10.6 Å². The minimum atomic E-state index is -0.575. The molecule has 4 heterocycles. The van der Waals surface area contributed by atoms with Crippen LogP contribution >= 0.6 is 0 Å². The number of amides is 2. The molecule has 0 aliphatic carbocycles. The molecule has 8 nitrogen and oxygen atoms in total. The molecular formula is C25H24N6O2. The number of aromatic nitrogens is 4. The Labute approximate surface area is 191 Å². The molecule has 0 bridgehead atoms. The van der Waals surface area contributed by atoms with Gasteiger partial charge in [0.15, 0.2) is 5.65 Å². The summed E-state index contributed by atoms with van der Waals surface area (Å²) in [6.07, 6.45) is 8.17. The second-order valence-corrected chi connectivity index (χ2v) is 8.24. The van der Waals surface area contributed by atoms with Gasteiger partial charge in [-0.1, -0.05) is 30.3 Å². The average molecular weight is 441 g/mol. The Morgan fingerprint density at radius 1 is 1.03 bits per heavy atom. The summed E-state index contributed by atoms with van der Waals surface area (Å²) in [4.78, 5) is 36.0. The molecule has 2 amide bonds. The van der Waals surface area contributed by atoms with Gasteiger partial charge in [0, 0.05) is 36.6 Å². The highest BCUT2D eigenvalue weighted by atomic mass is 16.2. The number of rotatable bonds is 5. The Hall–Kier alpha value is -4.07. The molecule has 1 aromatic carbocycles. The van der Waals surface area contributed by atoms with Crippen LogP contribution in [-0.4, -0.2) is 42.8 Å². The van der Waals surface area contributed by atoms with E-state index in [0.29, 0.717) is 24.2 Å². The SMILES string of the molecule is NC(=O)c1cnn2c([C@H]3CCCCN3C(=O)c3ccnc(Cc4ccccc4)c3)ccnc12. The van der Waals surface area contributed by atoms with Gasteiger partial charge in [-0.05, 0) is 43.0 Å². The summed E-state index contributed by atoms with van der Waals surface area (Å²) in [7, 11) is 0. The maximum absolute atomic E-state index is 13.6. The highest BCUT2D eigenvalue weighted by Gasteiger charge is 2.31. The quantitative estimate of drug-likeness (QED) is 0.513. The lowest BCUT2D eigenvalue weighted by atomic mass is 9.97. The number of likely N-dealkylation sites (tertiary alicyclic amines) is 1. The van der Waals surface area contributed by atoms with Crippen LogP contribution < -0.4 is 5.73 Å². The normalized spacial score (nSPS) is 16.1. The first-order chi connectivity index (χ1) is 16.1. The number of nitrogens with two attached hydrogens (primary N) is 1. The lowest BCUT2D eigenvalue weighted by Gasteiger charge is -2.36. The van der Waals surface area contributed by atoms with E-state index in [9.17, 15) is 9.59 Å². The molecule has 0 saturated carbocycles. The summed E-state index contributed by atoms with van der Waals surface area (Å²) in [5.74, 6) is -0.613. The summed E-state index contributed by atoms with van der Waals surface area (Å²) < 4.78 is 1.63. The molecule has 0 radical (unpaired) electrons. The Morgan fingerprint density at radius 3 is 2.67 bits per heavy atom. The summed E-state index contributed by atoms with van der Waals surface area (Å²) in [5.41, 5.74) is 9.58. The van der Waals surface area contributed by atoms with Gasteiger partial charge in [-0.2, -0.15) is 5.10 Å². The standard InChI is InChI=1S/C25H24N6O2/c26-23(32)20-16-29-31-22(10-12-28-24(20)31)21-8-4-5-13-30(21)25(33)18-9-11-27-19(15-18)14-17-6-2-1-3-7-17/h1-3,6-7,9-12,15-16,21H,4-5,8,13-14H2,(H2,26,32)/t21-/m1/s1. The highest BCUT2D eigenvalue weighted by Crippen LogP contribution is 2.32. The predicted molar refractivity (Wildman–Crippen MR) is 123 cm³/mol. The fourth-order valence-electron chi connectivity index (χ4n) is 4.50. The average Bonchev–Trinajstić information content (AvgIpc) is 3.29. The van der Waals surface area contributed by atoms with Crippen molar-refractivity contribution < 1.29 is 9.59 Å². The second kappa shape index (κ2) is 8.82. The van der Waals surface area contributed by atoms with Crippen LogP contribution in [0.2, 0.25) is 0 Å². The maximum Gasteiger partial charge on any atom is 0.254 e. The molecule has 5 rings (SSSR count). The lowest BCUT2D eigenvalue weighted by Crippen LogP contribution is -2.39. The molecule has 166 valence electrons. The Kier molecular flexibility index (Phi) is 5.56. The number of carbonyl (C=O) groups is 2. The zero-order valence-corrected chi connectivity index (χ0v) is 18.1. The molecule has 33 heavy (non-hydrogen) atoms. The minimum Gasteiger partial charge on any atom is -0.365 e. The molecule has 1 fully saturated rings. The number of primary amides is 1. The van der Waals surface area contributed by atoms with Crippen molar-refractivity contribution in [3.8, 4) is 0 Å². The van der Waals surface area contributed by atoms with E-state index < -0.39 is 5.91 Å². The van der Waals surface area contributed by atoms with E-state index >= 15 is 0 Å². The molecule has 1 saturated heterocycles. The van der Waals surface area contributed by atoms with Gasteiger partial charge in [-0.3, -0.25) is 14.6 Å². The van der Waals surface area contributed by atoms with Crippen LogP contribution in [0, 0.1) is 0 Å². The van der Waals surface area contributed by atoms with Gasteiger partial charge in [0.2, 0.25) is 0 Å². The third-order valence-electron chi connectivity index (χ3n) is 6.09. The Bertz CT molecular complexity index is 1320. The molecule has 2 N–H and O–H groups in total. The van der Waals surface area contributed by atoms with Crippen molar-refractivity contribution in [3.05, 3.63) is 95.2 Å². The summed E-state index contributed by atoms with van der Waals surface area (Å²) in [6.45, 7) is 0.646. The first-order valence-corrected chi connectivity index (χ1v) is 11.0. The number of fused-ring (bicyclic) bond motifs is 1. The van der Waals surface area contributed by atoms with Crippen LogP contribution in [0.15, 0.2) is 67.1 Å². The third kappa shape index (κ3) is 4.07. The van der Waals surface area contributed by atoms with Crippen LogP contribution in [-0.2, 0) is 6.42 Å². The molecule has 4 aromatic rings. The van der Waals surface area contributed by atoms with Crippen LogP contribution in [0.4, 0.5) is 0 Å².